The summed E-state index contributed by atoms with van der Waals surface area (Å²) >= 11 is 0. The van der Waals surface area contributed by atoms with Crippen LogP contribution in [0.25, 0.3) is 0 Å². The van der Waals surface area contributed by atoms with Gasteiger partial charge in [-0.1, -0.05) is 12.8 Å². The van der Waals surface area contributed by atoms with E-state index in [0.29, 0.717) is 17.4 Å². The van der Waals surface area contributed by atoms with E-state index in [1.54, 1.807) is 32.4 Å². The maximum atomic E-state index is 12.5. The van der Waals surface area contributed by atoms with Gasteiger partial charge in [0.25, 0.3) is 5.91 Å². The molecule has 1 aliphatic carbocycles. The molecule has 0 spiro atoms. The topological polar surface area (TPSA) is 62.7 Å². The molecule has 1 aliphatic heterocycles. The van der Waals surface area contributed by atoms with Crippen molar-refractivity contribution < 1.29 is 14.3 Å². The molecule has 0 aromatic carbocycles. The van der Waals surface area contributed by atoms with Gasteiger partial charge in [-0.2, -0.15) is 0 Å². The zero-order valence-corrected chi connectivity index (χ0v) is 15.1. The summed E-state index contributed by atoms with van der Waals surface area (Å²) in [5.41, 5.74) is 0.550. The van der Waals surface area contributed by atoms with Crippen molar-refractivity contribution in [2.45, 2.75) is 44.6 Å². The van der Waals surface area contributed by atoms with E-state index in [9.17, 15) is 9.59 Å². The number of rotatable bonds is 4. The van der Waals surface area contributed by atoms with E-state index in [2.05, 4.69) is 4.98 Å². The van der Waals surface area contributed by atoms with Gasteiger partial charge < -0.3 is 14.5 Å². The highest BCUT2D eigenvalue weighted by atomic mass is 16.5. The number of carbonyl (C=O) groups excluding carboxylic acids is 2. The fraction of sp³-hybridized carbons (Fsp3) is 0.632. The predicted octanol–water partition coefficient (Wildman–Crippen LogP) is 2.34. The van der Waals surface area contributed by atoms with Crippen LogP contribution in [0.4, 0.5) is 0 Å². The molecule has 0 N–H and O–H groups in total. The fourth-order valence-corrected chi connectivity index (χ4v) is 3.63. The molecule has 0 radical (unpaired) electrons. The second-order valence-electron chi connectivity index (χ2n) is 7.21. The van der Waals surface area contributed by atoms with Gasteiger partial charge in [0.2, 0.25) is 11.8 Å². The third-order valence-corrected chi connectivity index (χ3v) is 5.13. The molecule has 2 heterocycles. The number of hydrogen-bond acceptors (Lipinski definition) is 4. The monoisotopic (exact) mass is 345 g/mol. The van der Waals surface area contributed by atoms with Crippen LogP contribution in [0.2, 0.25) is 0 Å². The van der Waals surface area contributed by atoms with Gasteiger partial charge in [-0.05, 0) is 18.9 Å². The largest absolute Gasteiger partial charge is 0.474 e. The normalized spacial score (nSPS) is 19.0. The Labute approximate surface area is 149 Å². The zero-order chi connectivity index (χ0) is 17.8. The Balaban J connectivity index is 1.48. The lowest BCUT2D eigenvalue weighted by Gasteiger charge is -2.33. The van der Waals surface area contributed by atoms with Gasteiger partial charge in [-0.3, -0.25) is 9.59 Å². The molecular formula is C19H27N3O3. The van der Waals surface area contributed by atoms with Gasteiger partial charge in [-0.25, -0.2) is 4.98 Å². The summed E-state index contributed by atoms with van der Waals surface area (Å²) in [6.45, 7) is 1.52. The highest BCUT2D eigenvalue weighted by Gasteiger charge is 2.30. The van der Waals surface area contributed by atoms with Crippen molar-refractivity contribution in [3.05, 3.63) is 23.9 Å². The number of carbonyl (C=O) groups is 2. The fourth-order valence-electron chi connectivity index (χ4n) is 3.63. The first-order valence-corrected chi connectivity index (χ1v) is 9.18. The van der Waals surface area contributed by atoms with Gasteiger partial charge in [0.05, 0.1) is 5.56 Å². The van der Waals surface area contributed by atoms with E-state index in [4.69, 9.17) is 4.74 Å². The minimum absolute atomic E-state index is 0.0715. The first-order chi connectivity index (χ1) is 12.0. The van der Waals surface area contributed by atoms with E-state index in [-0.39, 0.29) is 17.9 Å². The molecule has 6 heteroatoms. The smallest absolute Gasteiger partial charge is 0.254 e. The van der Waals surface area contributed by atoms with E-state index in [1.807, 2.05) is 4.90 Å². The molecular weight excluding hydrogens is 318 g/mol. The summed E-state index contributed by atoms with van der Waals surface area (Å²) in [5, 5.41) is 0. The van der Waals surface area contributed by atoms with Crippen molar-refractivity contribution in [3.8, 4) is 5.88 Å². The number of piperidine rings is 1. The average molecular weight is 345 g/mol. The Kier molecular flexibility index (Phi) is 5.56. The lowest BCUT2D eigenvalue weighted by Crippen LogP contribution is -2.44. The molecule has 25 heavy (non-hydrogen) atoms. The summed E-state index contributed by atoms with van der Waals surface area (Å²) in [7, 11) is 3.43. The zero-order valence-electron chi connectivity index (χ0n) is 15.1. The molecule has 0 atom stereocenters. The molecule has 136 valence electrons. The maximum absolute atomic E-state index is 12.5. The van der Waals surface area contributed by atoms with E-state index in [0.717, 1.165) is 38.8 Å². The lowest BCUT2D eigenvalue weighted by atomic mass is 10.0. The summed E-state index contributed by atoms with van der Waals surface area (Å²) in [6, 6.07) is 3.48. The first-order valence-electron chi connectivity index (χ1n) is 9.18. The molecule has 1 aromatic rings. The summed E-state index contributed by atoms with van der Waals surface area (Å²) in [6.07, 6.45) is 7.78. The second kappa shape index (κ2) is 7.85. The van der Waals surface area contributed by atoms with Crippen LogP contribution in [-0.4, -0.2) is 59.9 Å². The number of pyridine rings is 1. The number of amides is 2. The van der Waals surface area contributed by atoms with Crippen molar-refractivity contribution in [1.82, 2.24) is 14.8 Å². The molecule has 1 aromatic heterocycles. The van der Waals surface area contributed by atoms with Gasteiger partial charge in [0.15, 0.2) is 0 Å². The van der Waals surface area contributed by atoms with Crippen molar-refractivity contribution >= 4 is 11.8 Å². The van der Waals surface area contributed by atoms with Crippen molar-refractivity contribution in [3.63, 3.8) is 0 Å². The van der Waals surface area contributed by atoms with Crippen LogP contribution in [0, 0.1) is 5.92 Å². The van der Waals surface area contributed by atoms with Crippen LogP contribution >= 0.6 is 0 Å². The molecule has 2 aliphatic rings. The summed E-state index contributed by atoms with van der Waals surface area (Å²) < 4.78 is 5.93. The minimum Gasteiger partial charge on any atom is -0.474 e. The SMILES string of the molecule is CN(C)C(=O)c1ccc(OC2CCN(C(=O)C3CCCC3)CC2)nc1. The second-order valence-corrected chi connectivity index (χ2v) is 7.21. The Hall–Kier alpha value is -2.11. The summed E-state index contributed by atoms with van der Waals surface area (Å²) in [5.74, 6) is 1.05. The number of nitrogens with zero attached hydrogens (tertiary/aromatic N) is 3. The molecule has 0 bridgehead atoms. The molecule has 1 saturated heterocycles. The Morgan fingerprint density at radius 2 is 1.80 bits per heavy atom. The summed E-state index contributed by atoms with van der Waals surface area (Å²) in [4.78, 5) is 32.1. The molecule has 6 nitrogen and oxygen atoms in total. The van der Waals surface area contributed by atoms with Crippen LogP contribution in [-0.2, 0) is 4.79 Å². The van der Waals surface area contributed by atoms with Gasteiger partial charge >= 0.3 is 0 Å². The number of aromatic nitrogens is 1. The van der Waals surface area contributed by atoms with Crippen LogP contribution in [0.1, 0.15) is 48.9 Å². The molecule has 3 rings (SSSR count). The van der Waals surface area contributed by atoms with Gasteiger partial charge in [0, 0.05) is 58.2 Å². The van der Waals surface area contributed by atoms with Crippen LogP contribution < -0.4 is 4.74 Å². The Morgan fingerprint density at radius 3 is 2.36 bits per heavy atom. The minimum atomic E-state index is -0.0715. The standard InChI is InChI=1S/C19H27N3O3/c1-21(2)18(23)15-7-8-17(20-13-15)25-16-9-11-22(12-10-16)19(24)14-5-3-4-6-14/h7-8,13-14,16H,3-6,9-12H2,1-2H3. The van der Waals surface area contributed by atoms with Gasteiger partial charge in [-0.15, -0.1) is 0 Å². The molecule has 2 fully saturated rings. The number of likely N-dealkylation sites (tertiary alicyclic amines) is 1. The third-order valence-electron chi connectivity index (χ3n) is 5.13. The quantitative estimate of drug-likeness (QED) is 0.840. The van der Waals surface area contributed by atoms with E-state index < -0.39 is 0 Å². The van der Waals surface area contributed by atoms with Gasteiger partial charge in [0.1, 0.15) is 6.10 Å². The maximum Gasteiger partial charge on any atom is 0.254 e. The average Bonchev–Trinajstić information content (AvgIpc) is 3.16. The third kappa shape index (κ3) is 4.30. The van der Waals surface area contributed by atoms with Crippen molar-refractivity contribution in [2.75, 3.05) is 27.2 Å². The number of ether oxygens (including phenoxy) is 1. The van der Waals surface area contributed by atoms with Crippen LogP contribution in [0.3, 0.4) is 0 Å². The molecule has 2 amide bonds. The van der Waals surface area contributed by atoms with Crippen LogP contribution in [0.15, 0.2) is 18.3 Å². The van der Waals surface area contributed by atoms with E-state index >= 15 is 0 Å². The first kappa shape index (κ1) is 17.7. The Morgan fingerprint density at radius 1 is 1.12 bits per heavy atom. The van der Waals surface area contributed by atoms with Crippen LogP contribution in [0.5, 0.6) is 5.88 Å². The van der Waals surface area contributed by atoms with E-state index in [1.165, 1.54) is 17.7 Å². The predicted molar refractivity (Wildman–Crippen MR) is 94.4 cm³/mol. The highest BCUT2D eigenvalue weighted by molar-refractivity contribution is 5.93. The molecule has 1 saturated carbocycles. The Bertz CT molecular complexity index is 601. The lowest BCUT2D eigenvalue weighted by molar-refractivity contribution is -0.137. The number of hydrogen-bond donors (Lipinski definition) is 0. The highest BCUT2D eigenvalue weighted by Crippen LogP contribution is 2.28. The molecule has 0 unspecified atom stereocenters. The van der Waals surface area contributed by atoms with Crippen molar-refractivity contribution in [1.29, 1.82) is 0 Å². The van der Waals surface area contributed by atoms with Crippen molar-refractivity contribution in [2.24, 2.45) is 5.92 Å².